The van der Waals surface area contributed by atoms with Crippen molar-refractivity contribution in [3.63, 3.8) is 0 Å². The molecule has 1 aliphatic heterocycles. The molecule has 0 N–H and O–H groups in total. The zero-order valence-electron chi connectivity index (χ0n) is 14.3. The Morgan fingerprint density at radius 1 is 1.22 bits per heavy atom. The van der Waals surface area contributed by atoms with Crippen molar-refractivity contribution < 1.29 is 38.3 Å². The second-order valence-electron chi connectivity index (χ2n) is 5.15. The summed E-state index contributed by atoms with van der Waals surface area (Å²) in [4.78, 5) is 45.4. The van der Waals surface area contributed by atoms with E-state index in [9.17, 15) is 24.5 Å². The Hall–Kier alpha value is -3.53. The standard InChI is InChI=1S/C17H15NO9/c1-24-16(21)13-9-14(17(25-2)27-13)26-15(20)7-6-12(19)10-4-3-5-11(8-10)18(22)23/h3-9,14,17H,1-2H3/b7-6+/t14-,17-/m1/s1. The van der Waals surface area contributed by atoms with Crippen LogP contribution in [0.3, 0.4) is 0 Å². The molecule has 0 saturated heterocycles. The zero-order chi connectivity index (χ0) is 20.0. The van der Waals surface area contributed by atoms with Crippen LogP contribution in [0.2, 0.25) is 0 Å². The fourth-order valence-electron chi connectivity index (χ4n) is 2.13. The van der Waals surface area contributed by atoms with Crippen molar-refractivity contribution in [2.24, 2.45) is 0 Å². The average Bonchev–Trinajstić information content (AvgIpc) is 3.08. The van der Waals surface area contributed by atoms with E-state index in [0.29, 0.717) is 0 Å². The lowest BCUT2D eigenvalue weighted by atomic mass is 10.1. The van der Waals surface area contributed by atoms with Crippen LogP contribution in [-0.4, -0.2) is 49.3 Å². The Kier molecular flexibility index (Phi) is 6.39. The first-order valence-corrected chi connectivity index (χ1v) is 7.52. The van der Waals surface area contributed by atoms with Gasteiger partial charge in [-0.15, -0.1) is 0 Å². The highest BCUT2D eigenvalue weighted by molar-refractivity contribution is 6.07. The van der Waals surface area contributed by atoms with Gasteiger partial charge in [0.05, 0.1) is 12.0 Å². The topological polar surface area (TPSA) is 131 Å². The normalized spacial score (nSPS) is 18.5. The molecule has 0 aliphatic carbocycles. The highest BCUT2D eigenvalue weighted by atomic mass is 16.7. The molecule has 0 fully saturated rings. The largest absolute Gasteiger partial charge is 0.463 e. The number of esters is 2. The van der Waals surface area contributed by atoms with Crippen LogP contribution in [0.4, 0.5) is 5.69 Å². The predicted octanol–water partition coefficient (Wildman–Crippen LogP) is 1.31. The molecule has 0 unspecified atom stereocenters. The number of ether oxygens (including phenoxy) is 4. The van der Waals surface area contributed by atoms with Crippen molar-refractivity contribution in [3.8, 4) is 0 Å². The van der Waals surface area contributed by atoms with E-state index >= 15 is 0 Å². The summed E-state index contributed by atoms with van der Waals surface area (Å²) in [6, 6.07) is 5.07. The van der Waals surface area contributed by atoms with E-state index in [2.05, 4.69) is 4.74 Å². The molecular weight excluding hydrogens is 362 g/mol. The van der Waals surface area contributed by atoms with E-state index in [1.807, 2.05) is 0 Å². The second-order valence-corrected chi connectivity index (χ2v) is 5.15. The number of nitrogens with zero attached hydrogens (tertiary/aromatic N) is 1. The van der Waals surface area contributed by atoms with Gasteiger partial charge < -0.3 is 18.9 Å². The van der Waals surface area contributed by atoms with Crippen molar-refractivity contribution in [1.29, 1.82) is 0 Å². The van der Waals surface area contributed by atoms with Gasteiger partial charge in [0.2, 0.25) is 12.0 Å². The minimum absolute atomic E-state index is 0.0418. The Morgan fingerprint density at radius 2 is 1.96 bits per heavy atom. The third-order valence-electron chi connectivity index (χ3n) is 3.41. The highest BCUT2D eigenvalue weighted by Gasteiger charge is 2.35. The van der Waals surface area contributed by atoms with Gasteiger partial charge >= 0.3 is 11.9 Å². The molecule has 142 valence electrons. The molecular formula is C17H15NO9. The minimum Gasteiger partial charge on any atom is -0.463 e. The van der Waals surface area contributed by atoms with Crippen molar-refractivity contribution in [2.75, 3.05) is 14.2 Å². The first-order valence-electron chi connectivity index (χ1n) is 7.52. The van der Waals surface area contributed by atoms with E-state index < -0.39 is 35.0 Å². The smallest absolute Gasteiger partial charge is 0.373 e. The summed E-state index contributed by atoms with van der Waals surface area (Å²) < 4.78 is 19.7. The van der Waals surface area contributed by atoms with E-state index in [4.69, 9.17) is 14.2 Å². The van der Waals surface area contributed by atoms with E-state index in [1.165, 1.54) is 31.4 Å². The van der Waals surface area contributed by atoms with Crippen LogP contribution >= 0.6 is 0 Å². The third kappa shape index (κ3) is 4.98. The second kappa shape index (κ2) is 8.72. The maximum Gasteiger partial charge on any atom is 0.373 e. The summed E-state index contributed by atoms with van der Waals surface area (Å²) in [5.74, 6) is -2.44. The summed E-state index contributed by atoms with van der Waals surface area (Å²) in [6.45, 7) is 0. The molecule has 10 nitrogen and oxygen atoms in total. The Bertz CT molecular complexity index is 827. The number of non-ortho nitro benzene ring substituents is 1. The first kappa shape index (κ1) is 19.8. The van der Waals surface area contributed by atoms with Crippen LogP contribution in [0.25, 0.3) is 0 Å². The summed E-state index contributed by atoms with van der Waals surface area (Å²) >= 11 is 0. The van der Waals surface area contributed by atoms with Gasteiger partial charge in [0, 0.05) is 37.0 Å². The first-order chi connectivity index (χ1) is 12.8. The molecule has 27 heavy (non-hydrogen) atoms. The Morgan fingerprint density at radius 3 is 2.59 bits per heavy atom. The number of hydrogen-bond acceptors (Lipinski definition) is 9. The van der Waals surface area contributed by atoms with E-state index in [0.717, 1.165) is 25.3 Å². The Balaban J connectivity index is 2.03. The fourth-order valence-corrected chi connectivity index (χ4v) is 2.13. The molecule has 0 spiro atoms. The van der Waals surface area contributed by atoms with Crippen molar-refractivity contribution in [3.05, 3.63) is 63.9 Å². The number of nitro groups is 1. The van der Waals surface area contributed by atoms with Crippen LogP contribution in [0.1, 0.15) is 10.4 Å². The molecule has 2 rings (SSSR count). The number of allylic oxidation sites excluding steroid dienone is 1. The Labute approximate surface area is 153 Å². The predicted molar refractivity (Wildman–Crippen MR) is 88.4 cm³/mol. The van der Waals surface area contributed by atoms with Gasteiger partial charge in [0.15, 0.2) is 11.9 Å². The highest BCUT2D eigenvalue weighted by Crippen LogP contribution is 2.22. The maximum atomic E-state index is 12.0. The summed E-state index contributed by atoms with van der Waals surface area (Å²) in [7, 11) is 2.46. The average molecular weight is 377 g/mol. The number of nitro benzene ring substituents is 1. The molecule has 0 saturated carbocycles. The molecule has 0 radical (unpaired) electrons. The summed E-state index contributed by atoms with van der Waals surface area (Å²) in [6.07, 6.45) is 0.939. The number of rotatable bonds is 7. The molecule has 1 aliphatic rings. The minimum atomic E-state index is -1.04. The van der Waals surface area contributed by atoms with Crippen LogP contribution in [-0.2, 0) is 28.5 Å². The van der Waals surface area contributed by atoms with Gasteiger partial charge in [-0.1, -0.05) is 12.1 Å². The van der Waals surface area contributed by atoms with Crippen LogP contribution < -0.4 is 0 Å². The van der Waals surface area contributed by atoms with Crippen LogP contribution in [0.5, 0.6) is 0 Å². The van der Waals surface area contributed by atoms with Gasteiger partial charge in [0.1, 0.15) is 0 Å². The lowest BCUT2D eigenvalue weighted by Gasteiger charge is -2.16. The molecule has 0 bridgehead atoms. The summed E-state index contributed by atoms with van der Waals surface area (Å²) in [5.41, 5.74) is -0.205. The summed E-state index contributed by atoms with van der Waals surface area (Å²) in [5, 5.41) is 10.7. The van der Waals surface area contributed by atoms with Crippen LogP contribution in [0, 0.1) is 10.1 Å². The van der Waals surface area contributed by atoms with Gasteiger partial charge in [-0.05, 0) is 6.08 Å². The van der Waals surface area contributed by atoms with Gasteiger partial charge in [0.25, 0.3) is 5.69 Å². The van der Waals surface area contributed by atoms with Crippen LogP contribution in [0.15, 0.2) is 48.3 Å². The molecule has 1 aromatic rings. The fraction of sp³-hybridized carbons (Fsp3) is 0.235. The van der Waals surface area contributed by atoms with E-state index in [1.54, 1.807) is 0 Å². The molecule has 0 amide bonds. The van der Waals surface area contributed by atoms with Crippen molar-refractivity contribution in [1.82, 2.24) is 0 Å². The SMILES string of the molecule is COC(=O)C1=C[C@@H](OC(=O)/C=C/C(=O)c2cccc([N+](=O)[O-])c2)[C@H](OC)O1. The monoisotopic (exact) mass is 377 g/mol. The molecule has 0 aromatic heterocycles. The molecule has 1 heterocycles. The lowest BCUT2D eigenvalue weighted by Crippen LogP contribution is -2.28. The molecule has 2 atom stereocenters. The number of carbonyl (C=O) groups is 3. The number of benzene rings is 1. The van der Waals surface area contributed by atoms with E-state index in [-0.39, 0.29) is 17.0 Å². The number of carbonyl (C=O) groups excluding carboxylic acids is 3. The molecule has 1 aromatic carbocycles. The third-order valence-corrected chi connectivity index (χ3v) is 3.41. The van der Waals surface area contributed by atoms with Gasteiger partial charge in [-0.25, -0.2) is 9.59 Å². The van der Waals surface area contributed by atoms with Crippen molar-refractivity contribution >= 4 is 23.4 Å². The number of ketones is 1. The van der Waals surface area contributed by atoms with Crippen molar-refractivity contribution in [2.45, 2.75) is 12.4 Å². The lowest BCUT2D eigenvalue weighted by molar-refractivity contribution is -0.384. The molecule has 10 heteroatoms. The maximum absolute atomic E-state index is 12.0. The van der Waals surface area contributed by atoms with Gasteiger partial charge in [-0.2, -0.15) is 0 Å². The quantitative estimate of drug-likeness (QED) is 0.227. The van der Waals surface area contributed by atoms with Gasteiger partial charge in [-0.3, -0.25) is 14.9 Å². The number of hydrogen-bond donors (Lipinski definition) is 0. The number of methoxy groups -OCH3 is 2. The zero-order valence-corrected chi connectivity index (χ0v) is 14.3.